The van der Waals surface area contributed by atoms with Crippen molar-refractivity contribution in [2.45, 2.75) is 29.7 Å². The van der Waals surface area contributed by atoms with E-state index in [-0.39, 0.29) is 22.4 Å². The molecule has 2 aromatic carbocycles. The number of nitroso groups, excluding NO2 is 1. The second-order valence-electron chi connectivity index (χ2n) is 5.82. The lowest BCUT2D eigenvalue weighted by Gasteiger charge is -2.14. The molecular weight excluding hydrogens is 358 g/mol. The van der Waals surface area contributed by atoms with Gasteiger partial charge in [-0.15, -0.1) is 4.91 Å². The number of benzene rings is 2. The van der Waals surface area contributed by atoms with Crippen LogP contribution in [0.15, 0.2) is 46.5 Å². The number of hydrogen-bond acceptors (Lipinski definition) is 3. The third kappa shape index (κ3) is 3.22. The summed E-state index contributed by atoms with van der Waals surface area (Å²) in [5.41, 5.74) is 0.987. The Morgan fingerprint density at radius 3 is 2.64 bits per heavy atom. The average molecular weight is 371 g/mol. The summed E-state index contributed by atoms with van der Waals surface area (Å²) in [5, 5.41) is 2.50. The number of rotatable bonds is 5. The molecule has 0 saturated carbocycles. The minimum absolute atomic E-state index is 0.137. The molecule has 3 nitrogen and oxygen atoms in total. The molecule has 2 aromatic rings. The molecule has 0 saturated heterocycles. The van der Waals surface area contributed by atoms with E-state index < -0.39 is 41.0 Å². The summed E-state index contributed by atoms with van der Waals surface area (Å²) in [6.07, 6.45) is -0.592. The Hall–Kier alpha value is -2.09. The summed E-state index contributed by atoms with van der Waals surface area (Å²) in [4.78, 5) is 10.9. The van der Waals surface area contributed by atoms with E-state index in [1.807, 2.05) is 0 Å². The topological polar surface area (TPSA) is 46.5 Å². The fraction of sp³-hybridized carbons (Fsp3) is 0.294. The maximum absolute atomic E-state index is 14.2. The Morgan fingerprint density at radius 2 is 2.00 bits per heavy atom. The maximum atomic E-state index is 14.2. The van der Waals surface area contributed by atoms with Gasteiger partial charge in [0.15, 0.2) is 12.0 Å². The number of nitrogens with zero attached hydrogens (tertiary/aromatic N) is 1. The molecule has 0 aromatic heterocycles. The zero-order valence-electron chi connectivity index (χ0n) is 12.8. The molecule has 8 heteroatoms. The molecular formula is C17H13F4NO2S. The van der Waals surface area contributed by atoms with Gasteiger partial charge >= 0.3 is 0 Å². The lowest BCUT2D eigenvalue weighted by atomic mass is 9.96. The predicted octanol–water partition coefficient (Wildman–Crippen LogP) is 4.45. The van der Waals surface area contributed by atoms with Crippen LogP contribution in [0, 0.1) is 10.7 Å². The molecule has 0 aliphatic heterocycles. The van der Waals surface area contributed by atoms with E-state index in [2.05, 4.69) is 5.18 Å². The molecule has 0 bridgehead atoms. The quantitative estimate of drug-likeness (QED) is 0.576. The number of alkyl halides is 3. The van der Waals surface area contributed by atoms with Crippen molar-refractivity contribution in [1.29, 1.82) is 0 Å². The van der Waals surface area contributed by atoms with Crippen molar-refractivity contribution in [3.63, 3.8) is 0 Å². The number of fused-ring (bicyclic) bond motifs is 1. The second kappa shape index (κ2) is 6.67. The highest BCUT2D eigenvalue weighted by Gasteiger charge is 2.51. The van der Waals surface area contributed by atoms with Gasteiger partial charge in [-0.25, -0.2) is 17.6 Å². The van der Waals surface area contributed by atoms with Gasteiger partial charge in [0.25, 0.3) is 5.92 Å². The van der Waals surface area contributed by atoms with Gasteiger partial charge in [-0.05, 0) is 41.3 Å². The van der Waals surface area contributed by atoms with Crippen LogP contribution in [0.5, 0.6) is 0 Å². The summed E-state index contributed by atoms with van der Waals surface area (Å²) in [5.74, 6) is -3.89. The van der Waals surface area contributed by atoms with Gasteiger partial charge in [0.2, 0.25) is 0 Å². The molecule has 0 radical (unpaired) electrons. The first-order chi connectivity index (χ1) is 11.9. The molecule has 0 amide bonds. The third-order valence-electron chi connectivity index (χ3n) is 4.23. The Labute approximate surface area is 143 Å². The van der Waals surface area contributed by atoms with Crippen molar-refractivity contribution >= 4 is 10.8 Å². The van der Waals surface area contributed by atoms with Gasteiger partial charge < -0.3 is 0 Å². The maximum Gasteiger partial charge on any atom is 0.281 e. The van der Waals surface area contributed by atoms with Crippen LogP contribution >= 0.6 is 0 Å². The molecule has 0 fully saturated rings. The van der Waals surface area contributed by atoms with E-state index in [0.29, 0.717) is 11.1 Å². The molecule has 132 valence electrons. The van der Waals surface area contributed by atoms with Crippen LogP contribution in [0.4, 0.5) is 17.6 Å². The van der Waals surface area contributed by atoms with Crippen LogP contribution < -0.4 is 0 Å². The van der Waals surface area contributed by atoms with Gasteiger partial charge in [0, 0.05) is 16.9 Å². The standard InChI is InChI=1S/C17H13F4NO2S/c18-9-25(24)14-5-4-11(6-10-2-1-3-12(19)7-10)13-8-17(20,21)16(22-23)15(13)14/h1-5,7,16H,6,8-9H2. The smallest absolute Gasteiger partial charge is 0.252 e. The molecule has 1 aliphatic rings. The summed E-state index contributed by atoms with van der Waals surface area (Å²) in [6.45, 7) is 0. The van der Waals surface area contributed by atoms with E-state index in [9.17, 15) is 26.7 Å². The summed E-state index contributed by atoms with van der Waals surface area (Å²) in [6, 6.07) is 5.20. The Bertz CT molecular complexity index is 857. The van der Waals surface area contributed by atoms with Crippen molar-refractivity contribution in [3.8, 4) is 0 Å². The van der Waals surface area contributed by atoms with E-state index in [1.54, 1.807) is 6.07 Å². The van der Waals surface area contributed by atoms with Gasteiger partial charge in [-0.3, -0.25) is 4.21 Å². The monoisotopic (exact) mass is 371 g/mol. The zero-order valence-corrected chi connectivity index (χ0v) is 13.7. The van der Waals surface area contributed by atoms with Crippen molar-refractivity contribution < 1.29 is 21.8 Å². The van der Waals surface area contributed by atoms with Crippen molar-refractivity contribution in [1.82, 2.24) is 0 Å². The van der Waals surface area contributed by atoms with E-state index in [1.165, 1.54) is 30.3 Å². The van der Waals surface area contributed by atoms with Crippen LogP contribution in [0.3, 0.4) is 0 Å². The molecule has 0 N–H and O–H groups in total. The SMILES string of the molecule is O=NC1c2c(S(=O)CF)ccc(Cc3cccc(F)c3)c2CC1(F)F. The Morgan fingerprint density at radius 1 is 1.24 bits per heavy atom. The number of hydrogen-bond donors (Lipinski definition) is 0. The van der Waals surface area contributed by atoms with E-state index in [0.717, 1.165) is 0 Å². The van der Waals surface area contributed by atoms with Gasteiger partial charge in [0.1, 0.15) is 5.82 Å². The van der Waals surface area contributed by atoms with Crippen LogP contribution in [0.2, 0.25) is 0 Å². The fourth-order valence-corrected chi connectivity index (χ4v) is 3.98. The molecule has 3 rings (SSSR count). The van der Waals surface area contributed by atoms with Crippen LogP contribution in [0.25, 0.3) is 0 Å². The molecule has 0 spiro atoms. The summed E-state index contributed by atoms with van der Waals surface area (Å²) < 4.78 is 66.4. The van der Waals surface area contributed by atoms with Crippen molar-refractivity contribution in [2.75, 3.05) is 6.01 Å². The van der Waals surface area contributed by atoms with Crippen molar-refractivity contribution in [3.05, 3.63) is 69.4 Å². The van der Waals surface area contributed by atoms with Gasteiger partial charge in [-0.2, -0.15) is 0 Å². The Balaban J connectivity index is 2.13. The van der Waals surface area contributed by atoms with Crippen LogP contribution in [-0.2, 0) is 23.6 Å². The highest BCUT2D eigenvalue weighted by Crippen LogP contribution is 2.49. The minimum atomic E-state index is -3.43. The lowest BCUT2D eigenvalue weighted by molar-refractivity contribution is -0.0136. The third-order valence-corrected chi connectivity index (χ3v) is 5.28. The highest BCUT2D eigenvalue weighted by molar-refractivity contribution is 7.84. The second-order valence-corrected chi connectivity index (χ2v) is 7.17. The molecule has 1 aliphatic carbocycles. The molecule has 2 unspecified atom stereocenters. The first-order valence-electron chi connectivity index (χ1n) is 7.41. The molecule has 2 atom stereocenters. The van der Waals surface area contributed by atoms with Crippen LogP contribution in [0.1, 0.15) is 28.3 Å². The first-order valence-corrected chi connectivity index (χ1v) is 8.73. The van der Waals surface area contributed by atoms with Crippen LogP contribution in [-0.4, -0.2) is 16.1 Å². The van der Waals surface area contributed by atoms with E-state index in [4.69, 9.17) is 0 Å². The van der Waals surface area contributed by atoms with E-state index >= 15 is 0 Å². The lowest BCUT2D eigenvalue weighted by Crippen LogP contribution is -2.20. The van der Waals surface area contributed by atoms with Crippen molar-refractivity contribution in [2.24, 2.45) is 5.18 Å². The van der Waals surface area contributed by atoms with Gasteiger partial charge in [0.05, 0.1) is 10.8 Å². The molecule has 25 heavy (non-hydrogen) atoms. The first kappa shape index (κ1) is 17.7. The fourth-order valence-electron chi connectivity index (χ4n) is 3.16. The highest BCUT2D eigenvalue weighted by atomic mass is 32.2. The largest absolute Gasteiger partial charge is 0.281 e. The Kier molecular flexibility index (Phi) is 4.73. The number of halogens is 4. The molecule has 0 heterocycles. The summed E-state index contributed by atoms with van der Waals surface area (Å²) in [7, 11) is -2.14. The zero-order chi connectivity index (χ0) is 18.2. The predicted molar refractivity (Wildman–Crippen MR) is 85.2 cm³/mol. The summed E-state index contributed by atoms with van der Waals surface area (Å²) >= 11 is 0. The normalized spacial score (nSPS) is 19.4. The van der Waals surface area contributed by atoms with Gasteiger partial charge in [-0.1, -0.05) is 23.4 Å². The average Bonchev–Trinajstić information content (AvgIpc) is 2.85. The minimum Gasteiger partial charge on any atom is -0.252 e.